The number of H-pyrrole nitrogens is 1. The summed E-state index contributed by atoms with van der Waals surface area (Å²) in [7, 11) is -3.39. The Bertz CT molecular complexity index is 412. The van der Waals surface area contributed by atoms with Gasteiger partial charge in [0.1, 0.15) is 0 Å². The van der Waals surface area contributed by atoms with E-state index in [0.29, 0.717) is 6.61 Å². The Balaban J connectivity index is 2.73. The molecule has 0 aliphatic rings. The molecule has 0 aliphatic carbocycles. The van der Waals surface area contributed by atoms with Gasteiger partial charge in [-0.15, -0.1) is 5.10 Å². The van der Waals surface area contributed by atoms with E-state index in [2.05, 4.69) is 19.9 Å². The first-order valence-electron chi connectivity index (χ1n) is 4.52. The molecular formula is C7H14N4O3S. The minimum atomic E-state index is -3.39. The van der Waals surface area contributed by atoms with Crippen molar-refractivity contribution in [2.24, 2.45) is 0 Å². The minimum absolute atomic E-state index is 0.0622. The average Bonchev–Trinajstić information content (AvgIpc) is 2.52. The van der Waals surface area contributed by atoms with E-state index in [1.807, 2.05) is 0 Å². The molecule has 0 atom stereocenters. The molecule has 15 heavy (non-hydrogen) atoms. The standard InChI is InChI=1S/C7H14N4O3S/c1-4-14-7-8-6(9-10-7)11-15(12,13)5(2)3/h5H,4H2,1-3H3,(H2,8,9,10,11). The van der Waals surface area contributed by atoms with Crippen LogP contribution < -0.4 is 9.46 Å². The molecule has 0 saturated heterocycles. The van der Waals surface area contributed by atoms with Gasteiger partial charge in [-0.3, -0.25) is 4.72 Å². The Morgan fingerprint density at radius 3 is 2.73 bits per heavy atom. The maximum Gasteiger partial charge on any atom is 0.337 e. The number of nitrogens with one attached hydrogen (secondary N) is 2. The molecule has 0 fully saturated rings. The second-order valence-electron chi connectivity index (χ2n) is 3.10. The molecular weight excluding hydrogens is 220 g/mol. The number of rotatable bonds is 5. The Kier molecular flexibility index (Phi) is 3.51. The smallest absolute Gasteiger partial charge is 0.337 e. The molecule has 1 rings (SSSR count). The van der Waals surface area contributed by atoms with Gasteiger partial charge in [0.2, 0.25) is 16.0 Å². The van der Waals surface area contributed by atoms with Gasteiger partial charge in [0, 0.05) is 0 Å². The zero-order valence-corrected chi connectivity index (χ0v) is 9.63. The van der Waals surface area contributed by atoms with Gasteiger partial charge in [-0.05, 0) is 20.8 Å². The van der Waals surface area contributed by atoms with Crippen molar-refractivity contribution in [3.63, 3.8) is 0 Å². The van der Waals surface area contributed by atoms with Crippen LogP contribution >= 0.6 is 0 Å². The first-order chi connectivity index (χ1) is 6.95. The lowest BCUT2D eigenvalue weighted by Gasteiger charge is -2.06. The van der Waals surface area contributed by atoms with E-state index >= 15 is 0 Å². The fraction of sp³-hybridized carbons (Fsp3) is 0.714. The molecule has 1 heterocycles. The first-order valence-corrected chi connectivity index (χ1v) is 6.07. The van der Waals surface area contributed by atoms with Crippen LogP contribution in [-0.4, -0.2) is 35.5 Å². The molecule has 1 aromatic rings. The maximum atomic E-state index is 11.4. The summed E-state index contributed by atoms with van der Waals surface area (Å²) in [5, 5.41) is 5.56. The van der Waals surface area contributed by atoms with Crippen molar-refractivity contribution >= 4 is 16.0 Å². The van der Waals surface area contributed by atoms with E-state index in [4.69, 9.17) is 4.74 Å². The number of sulfonamides is 1. The van der Waals surface area contributed by atoms with Gasteiger partial charge in [-0.2, -0.15) is 4.98 Å². The Hall–Kier alpha value is -1.31. The van der Waals surface area contributed by atoms with Crippen LogP contribution in [-0.2, 0) is 10.0 Å². The van der Waals surface area contributed by atoms with Crippen LogP contribution in [0.15, 0.2) is 0 Å². The summed E-state index contributed by atoms with van der Waals surface area (Å²) in [5.41, 5.74) is 0. The summed E-state index contributed by atoms with van der Waals surface area (Å²) in [6.07, 6.45) is 0. The predicted molar refractivity (Wildman–Crippen MR) is 55.2 cm³/mol. The predicted octanol–water partition coefficient (Wildman–Crippen LogP) is 0.353. The second-order valence-corrected chi connectivity index (χ2v) is 5.33. The summed E-state index contributed by atoms with van der Waals surface area (Å²) in [6.45, 7) is 5.35. The molecule has 86 valence electrons. The highest BCUT2D eigenvalue weighted by atomic mass is 32.2. The van der Waals surface area contributed by atoms with Gasteiger partial charge in [-0.25, -0.2) is 13.5 Å². The minimum Gasteiger partial charge on any atom is -0.463 e. The summed E-state index contributed by atoms with van der Waals surface area (Å²) in [6, 6.07) is 0.124. The van der Waals surface area contributed by atoms with Gasteiger partial charge >= 0.3 is 6.01 Å². The van der Waals surface area contributed by atoms with E-state index in [1.54, 1.807) is 20.8 Å². The Morgan fingerprint density at radius 2 is 2.20 bits per heavy atom. The number of hydrogen-bond acceptors (Lipinski definition) is 5. The number of anilines is 1. The van der Waals surface area contributed by atoms with Crippen LogP contribution in [0.4, 0.5) is 5.95 Å². The van der Waals surface area contributed by atoms with Crippen molar-refractivity contribution in [2.45, 2.75) is 26.0 Å². The summed E-state index contributed by atoms with van der Waals surface area (Å²) < 4.78 is 30.1. The van der Waals surface area contributed by atoms with E-state index in [-0.39, 0.29) is 12.0 Å². The van der Waals surface area contributed by atoms with Gasteiger partial charge in [0.15, 0.2) is 0 Å². The van der Waals surface area contributed by atoms with Gasteiger partial charge < -0.3 is 4.74 Å². The summed E-state index contributed by atoms with van der Waals surface area (Å²) in [4.78, 5) is 3.79. The molecule has 0 saturated carbocycles. The summed E-state index contributed by atoms with van der Waals surface area (Å²) >= 11 is 0. The number of nitrogens with zero attached hydrogens (tertiary/aromatic N) is 2. The highest BCUT2D eigenvalue weighted by Gasteiger charge is 2.17. The quantitative estimate of drug-likeness (QED) is 0.766. The van der Waals surface area contributed by atoms with Crippen molar-refractivity contribution in [2.75, 3.05) is 11.3 Å². The van der Waals surface area contributed by atoms with Gasteiger partial charge in [-0.1, -0.05) is 0 Å². The zero-order chi connectivity index (χ0) is 11.5. The normalized spacial score (nSPS) is 11.7. The fourth-order valence-corrected chi connectivity index (χ4v) is 1.33. The molecule has 1 aromatic heterocycles. The van der Waals surface area contributed by atoms with Gasteiger partial charge in [0.05, 0.1) is 11.9 Å². The monoisotopic (exact) mass is 234 g/mol. The first kappa shape index (κ1) is 11.8. The van der Waals surface area contributed by atoms with E-state index in [0.717, 1.165) is 0 Å². The van der Waals surface area contributed by atoms with E-state index in [1.165, 1.54) is 0 Å². The molecule has 0 aromatic carbocycles. The Morgan fingerprint density at radius 1 is 1.53 bits per heavy atom. The van der Waals surface area contributed by atoms with Crippen molar-refractivity contribution in [1.82, 2.24) is 15.2 Å². The molecule has 0 unspecified atom stereocenters. The Labute approximate surface area is 88.3 Å². The lowest BCUT2D eigenvalue weighted by Crippen LogP contribution is -2.23. The highest BCUT2D eigenvalue weighted by Crippen LogP contribution is 2.09. The third-order valence-corrected chi connectivity index (χ3v) is 3.32. The van der Waals surface area contributed by atoms with Gasteiger partial charge in [0.25, 0.3) is 0 Å². The van der Waals surface area contributed by atoms with Crippen molar-refractivity contribution in [3.05, 3.63) is 0 Å². The maximum absolute atomic E-state index is 11.4. The van der Waals surface area contributed by atoms with E-state index in [9.17, 15) is 8.42 Å². The number of aromatic nitrogens is 3. The second kappa shape index (κ2) is 4.47. The molecule has 7 nitrogen and oxygen atoms in total. The topological polar surface area (TPSA) is 97.0 Å². The number of ether oxygens (including phenoxy) is 1. The van der Waals surface area contributed by atoms with Crippen LogP contribution in [0.1, 0.15) is 20.8 Å². The molecule has 0 amide bonds. The fourth-order valence-electron chi connectivity index (χ4n) is 0.738. The van der Waals surface area contributed by atoms with Crippen LogP contribution in [0.5, 0.6) is 6.01 Å². The van der Waals surface area contributed by atoms with Crippen LogP contribution in [0.25, 0.3) is 0 Å². The molecule has 0 spiro atoms. The lowest BCUT2D eigenvalue weighted by molar-refractivity contribution is 0.314. The molecule has 0 bridgehead atoms. The summed E-state index contributed by atoms with van der Waals surface area (Å²) in [5.74, 6) is 0.0622. The molecule has 8 heteroatoms. The van der Waals surface area contributed by atoms with E-state index < -0.39 is 15.3 Å². The third-order valence-electron chi connectivity index (χ3n) is 1.60. The molecule has 0 aliphatic heterocycles. The van der Waals surface area contributed by atoms with Crippen molar-refractivity contribution < 1.29 is 13.2 Å². The SMILES string of the molecule is CCOc1n[nH]c(NS(=O)(=O)C(C)C)n1. The number of aromatic amines is 1. The molecule has 0 radical (unpaired) electrons. The largest absolute Gasteiger partial charge is 0.463 e. The van der Waals surface area contributed by atoms with Crippen LogP contribution in [0, 0.1) is 0 Å². The van der Waals surface area contributed by atoms with Crippen molar-refractivity contribution in [3.8, 4) is 6.01 Å². The highest BCUT2D eigenvalue weighted by molar-refractivity contribution is 7.93. The van der Waals surface area contributed by atoms with Crippen LogP contribution in [0.2, 0.25) is 0 Å². The zero-order valence-electron chi connectivity index (χ0n) is 8.81. The van der Waals surface area contributed by atoms with Crippen LogP contribution in [0.3, 0.4) is 0 Å². The average molecular weight is 234 g/mol. The van der Waals surface area contributed by atoms with Crippen molar-refractivity contribution in [1.29, 1.82) is 0 Å². The molecule has 2 N–H and O–H groups in total. The number of hydrogen-bond donors (Lipinski definition) is 2. The lowest BCUT2D eigenvalue weighted by atomic mass is 10.6. The third kappa shape index (κ3) is 3.08.